The Hall–Kier alpha value is -1.97. The van der Waals surface area contributed by atoms with E-state index in [1.54, 1.807) is 4.90 Å². The van der Waals surface area contributed by atoms with E-state index in [1.807, 2.05) is 0 Å². The smallest absolute Gasteiger partial charge is 0.418 e. The van der Waals surface area contributed by atoms with Gasteiger partial charge in [0.1, 0.15) is 5.52 Å². The molecule has 1 amide bonds. The van der Waals surface area contributed by atoms with E-state index in [2.05, 4.69) is 20.9 Å². The lowest BCUT2D eigenvalue weighted by Crippen LogP contribution is -2.62. The van der Waals surface area contributed by atoms with Crippen molar-refractivity contribution in [2.75, 3.05) is 18.0 Å². The molecule has 0 radical (unpaired) electrons. The Bertz CT molecular complexity index is 856. The molecule has 0 aliphatic carbocycles. The molecule has 2 unspecified atom stereocenters. The lowest BCUT2D eigenvalue weighted by atomic mass is 9.92. The number of oxazole rings is 1. The van der Waals surface area contributed by atoms with Gasteiger partial charge in [0.05, 0.1) is 22.1 Å². The van der Waals surface area contributed by atoms with Crippen molar-refractivity contribution in [3.8, 4) is 0 Å². The van der Waals surface area contributed by atoms with Gasteiger partial charge >= 0.3 is 12.3 Å². The highest BCUT2D eigenvalue weighted by Crippen LogP contribution is 2.40. The third-order valence-electron chi connectivity index (χ3n) is 5.00. The Labute approximate surface area is 154 Å². The molecule has 0 saturated carbocycles. The van der Waals surface area contributed by atoms with Gasteiger partial charge in [0.15, 0.2) is 5.58 Å². The summed E-state index contributed by atoms with van der Waals surface area (Å²) in [6, 6.07) is 1.94. The maximum absolute atomic E-state index is 13.2. The summed E-state index contributed by atoms with van der Waals surface area (Å²) in [6.45, 7) is 0.711. The Morgan fingerprint density at radius 3 is 2.50 bits per heavy atom. The minimum atomic E-state index is -4.54. The summed E-state index contributed by atoms with van der Waals surface area (Å²) in [4.78, 5) is 18.8. The number of hydrogen-bond acceptors (Lipinski definition) is 4. The highest BCUT2D eigenvalue weighted by molar-refractivity contribution is 9.10. The minimum Gasteiger partial charge on any atom is -0.465 e. The monoisotopic (exact) mass is 433 g/mol. The topological polar surface area (TPSA) is 69.8 Å². The van der Waals surface area contributed by atoms with Crippen molar-refractivity contribution in [2.24, 2.45) is 0 Å². The number of rotatable bonds is 1. The predicted octanol–water partition coefficient (Wildman–Crippen LogP) is 4.33. The number of piperidine rings is 1. The van der Waals surface area contributed by atoms with Crippen LogP contribution in [0.5, 0.6) is 0 Å². The maximum Gasteiger partial charge on any atom is 0.418 e. The average molecular weight is 434 g/mol. The Morgan fingerprint density at radius 1 is 1.27 bits per heavy atom. The zero-order valence-corrected chi connectivity index (χ0v) is 15.0. The number of benzene rings is 1. The van der Waals surface area contributed by atoms with Crippen molar-refractivity contribution in [1.82, 2.24) is 9.88 Å². The molecule has 0 spiro atoms. The number of carbonyl (C=O) groups is 1. The normalized spacial score (nSPS) is 23.5. The number of hydrogen-bond donors (Lipinski definition) is 1. The molecule has 6 nitrogen and oxygen atoms in total. The van der Waals surface area contributed by atoms with E-state index in [-0.39, 0.29) is 29.2 Å². The van der Waals surface area contributed by atoms with E-state index in [4.69, 9.17) is 4.42 Å². The second kappa shape index (κ2) is 6.04. The number of aromatic nitrogens is 1. The Balaban J connectivity index is 1.72. The van der Waals surface area contributed by atoms with Crippen molar-refractivity contribution in [1.29, 1.82) is 0 Å². The molecule has 10 heteroatoms. The molecule has 2 aromatic rings. The first-order chi connectivity index (χ1) is 12.3. The Morgan fingerprint density at radius 2 is 1.92 bits per heavy atom. The van der Waals surface area contributed by atoms with E-state index in [0.717, 1.165) is 25.3 Å². The zero-order chi connectivity index (χ0) is 18.6. The van der Waals surface area contributed by atoms with Crippen LogP contribution in [-0.4, -0.2) is 46.3 Å². The van der Waals surface area contributed by atoms with Crippen LogP contribution in [0, 0.1) is 0 Å². The average Bonchev–Trinajstić information content (AvgIpc) is 2.98. The van der Waals surface area contributed by atoms with Gasteiger partial charge in [-0.3, -0.25) is 4.90 Å². The van der Waals surface area contributed by atoms with Crippen LogP contribution in [0.15, 0.2) is 21.0 Å². The van der Waals surface area contributed by atoms with E-state index >= 15 is 0 Å². The largest absolute Gasteiger partial charge is 0.465 e. The summed E-state index contributed by atoms with van der Waals surface area (Å²) in [6.07, 6.45) is -3.12. The maximum atomic E-state index is 13.2. The number of amides is 1. The van der Waals surface area contributed by atoms with Crippen LogP contribution in [0.2, 0.25) is 0 Å². The van der Waals surface area contributed by atoms with Gasteiger partial charge < -0.3 is 14.4 Å². The molecule has 1 aromatic carbocycles. The molecule has 2 aliphatic rings. The highest BCUT2D eigenvalue weighted by Gasteiger charge is 2.42. The SMILES string of the molecule is O=C(O)N1C2CCCC1CN(c1nc3c(C(F)(F)F)ccc(Br)c3o1)C2. The van der Waals surface area contributed by atoms with Crippen molar-refractivity contribution in [2.45, 2.75) is 37.5 Å². The van der Waals surface area contributed by atoms with Crippen LogP contribution < -0.4 is 4.90 Å². The van der Waals surface area contributed by atoms with E-state index in [1.165, 1.54) is 11.0 Å². The lowest BCUT2D eigenvalue weighted by Gasteiger charge is -2.48. The summed E-state index contributed by atoms with van der Waals surface area (Å²) < 4.78 is 45.8. The first-order valence-electron chi connectivity index (χ1n) is 8.18. The van der Waals surface area contributed by atoms with Gasteiger partial charge in [-0.2, -0.15) is 18.2 Å². The molecular formula is C16H15BrF3N3O3. The summed E-state index contributed by atoms with van der Waals surface area (Å²) in [7, 11) is 0. The van der Waals surface area contributed by atoms with Crippen molar-refractivity contribution in [3.63, 3.8) is 0 Å². The van der Waals surface area contributed by atoms with Crippen LogP contribution in [0.1, 0.15) is 24.8 Å². The molecule has 2 aliphatic heterocycles. The lowest BCUT2D eigenvalue weighted by molar-refractivity contribution is -0.136. The van der Waals surface area contributed by atoms with Gasteiger partial charge in [0.25, 0.3) is 6.01 Å². The third kappa shape index (κ3) is 2.80. The van der Waals surface area contributed by atoms with Gasteiger partial charge in [-0.25, -0.2) is 4.79 Å². The van der Waals surface area contributed by atoms with Gasteiger partial charge in [0, 0.05) is 13.1 Å². The van der Waals surface area contributed by atoms with Crippen LogP contribution in [-0.2, 0) is 6.18 Å². The molecule has 1 N–H and O–H groups in total. The molecule has 140 valence electrons. The minimum absolute atomic E-state index is 0.0423. The molecule has 2 atom stereocenters. The second-order valence-corrected chi connectivity index (χ2v) is 7.45. The summed E-state index contributed by atoms with van der Waals surface area (Å²) in [5, 5.41) is 9.41. The fourth-order valence-corrected chi connectivity index (χ4v) is 4.31. The van der Waals surface area contributed by atoms with Crippen LogP contribution in [0.4, 0.5) is 24.0 Å². The van der Waals surface area contributed by atoms with Gasteiger partial charge in [-0.1, -0.05) is 0 Å². The van der Waals surface area contributed by atoms with Crippen LogP contribution in [0.25, 0.3) is 11.1 Å². The number of carboxylic acid groups (broad SMARTS) is 1. The molecular weight excluding hydrogens is 419 g/mol. The van der Waals surface area contributed by atoms with E-state index < -0.39 is 17.8 Å². The third-order valence-corrected chi connectivity index (χ3v) is 5.63. The number of alkyl halides is 3. The van der Waals surface area contributed by atoms with E-state index in [9.17, 15) is 23.1 Å². The van der Waals surface area contributed by atoms with Gasteiger partial charge in [-0.15, -0.1) is 0 Å². The quantitative estimate of drug-likeness (QED) is 0.724. The molecule has 3 heterocycles. The number of halogens is 4. The van der Waals surface area contributed by atoms with Crippen molar-refractivity contribution < 1.29 is 27.5 Å². The fraction of sp³-hybridized carbons (Fsp3) is 0.500. The molecule has 26 heavy (non-hydrogen) atoms. The van der Waals surface area contributed by atoms with Crippen LogP contribution in [0.3, 0.4) is 0 Å². The summed E-state index contributed by atoms with van der Waals surface area (Å²) in [5.74, 6) is 0. The number of nitrogens with zero attached hydrogens (tertiary/aromatic N) is 3. The summed E-state index contributed by atoms with van der Waals surface area (Å²) in [5.41, 5.74) is -1.05. The number of piperazine rings is 1. The zero-order valence-electron chi connectivity index (χ0n) is 13.5. The number of anilines is 1. The predicted molar refractivity (Wildman–Crippen MR) is 90.2 cm³/mol. The molecule has 1 aromatic heterocycles. The molecule has 2 fully saturated rings. The highest BCUT2D eigenvalue weighted by atomic mass is 79.9. The van der Waals surface area contributed by atoms with Crippen LogP contribution >= 0.6 is 15.9 Å². The number of fused-ring (bicyclic) bond motifs is 3. The summed E-state index contributed by atoms with van der Waals surface area (Å²) >= 11 is 3.21. The molecule has 2 saturated heterocycles. The van der Waals surface area contributed by atoms with Crippen molar-refractivity contribution >= 4 is 39.1 Å². The van der Waals surface area contributed by atoms with Gasteiger partial charge in [-0.05, 0) is 47.3 Å². The molecule has 2 bridgehead atoms. The fourth-order valence-electron chi connectivity index (χ4n) is 3.90. The first kappa shape index (κ1) is 17.4. The molecule has 4 rings (SSSR count). The Kier molecular flexibility index (Phi) is 4.05. The standard InChI is InChI=1S/C16H15BrF3N3O3/c17-11-5-4-10(16(18,19)20)12-13(11)26-14(21-12)22-6-8-2-1-3-9(7-22)23(8)15(24)25/h4-5,8-9H,1-3,6-7H2,(H,24,25). The second-order valence-electron chi connectivity index (χ2n) is 6.60. The van der Waals surface area contributed by atoms with Gasteiger partial charge in [0.2, 0.25) is 0 Å². The van der Waals surface area contributed by atoms with Crippen molar-refractivity contribution in [3.05, 3.63) is 22.2 Å². The van der Waals surface area contributed by atoms with E-state index in [0.29, 0.717) is 17.6 Å². The first-order valence-corrected chi connectivity index (χ1v) is 8.97.